The molecule has 0 atom stereocenters. The molecule has 98 valence electrons. The molecular formula is C10H7Br2N5O2. The predicted octanol–water partition coefficient (Wildman–Crippen LogP) is 1.80. The van der Waals surface area contributed by atoms with Crippen LogP contribution in [0, 0.1) is 0 Å². The summed E-state index contributed by atoms with van der Waals surface area (Å²) in [4.78, 5) is 15.1. The van der Waals surface area contributed by atoms with Gasteiger partial charge in [-0.05, 0) is 28.1 Å². The van der Waals surface area contributed by atoms with Crippen LogP contribution < -0.4 is 5.43 Å². The number of halogens is 2. The number of rotatable bonds is 3. The number of aromatic amines is 1. The van der Waals surface area contributed by atoms with E-state index in [1.807, 2.05) is 0 Å². The Morgan fingerprint density at radius 3 is 2.95 bits per heavy atom. The van der Waals surface area contributed by atoms with E-state index < -0.39 is 5.91 Å². The Morgan fingerprint density at radius 1 is 1.47 bits per heavy atom. The lowest BCUT2D eigenvalue weighted by Crippen LogP contribution is -2.19. The first-order valence-corrected chi connectivity index (χ1v) is 6.53. The molecule has 0 saturated carbocycles. The lowest BCUT2D eigenvalue weighted by Gasteiger charge is -2.02. The van der Waals surface area contributed by atoms with Crippen molar-refractivity contribution in [3.05, 3.63) is 38.8 Å². The second kappa shape index (κ2) is 5.93. The number of nitrogens with one attached hydrogen (secondary N) is 2. The number of aromatic hydroxyl groups is 1. The van der Waals surface area contributed by atoms with Gasteiger partial charge in [0.25, 0.3) is 0 Å². The second-order valence-electron chi connectivity index (χ2n) is 3.36. The lowest BCUT2D eigenvalue weighted by atomic mass is 10.2. The lowest BCUT2D eigenvalue weighted by molar-refractivity contribution is 0.0945. The molecule has 3 N–H and O–H groups in total. The van der Waals surface area contributed by atoms with E-state index in [1.54, 1.807) is 12.1 Å². The van der Waals surface area contributed by atoms with Crippen molar-refractivity contribution < 1.29 is 9.90 Å². The van der Waals surface area contributed by atoms with Gasteiger partial charge in [0.1, 0.15) is 12.1 Å². The fourth-order valence-corrected chi connectivity index (χ4v) is 2.47. The molecule has 0 fully saturated rings. The third-order valence-electron chi connectivity index (χ3n) is 2.06. The summed E-state index contributed by atoms with van der Waals surface area (Å²) in [7, 11) is 0. The predicted molar refractivity (Wildman–Crippen MR) is 74.9 cm³/mol. The molecular weight excluding hydrogens is 382 g/mol. The SMILES string of the molecule is O=C(N/N=C/c1cc(Br)cc(Br)c1O)c1ncn[nH]1. The zero-order valence-electron chi connectivity index (χ0n) is 9.26. The number of aromatic nitrogens is 3. The number of phenols is 1. The Balaban J connectivity index is 2.09. The standard InChI is InChI=1S/C10H7Br2N5O2/c11-6-1-5(8(18)7(12)2-6)3-14-17-10(19)9-13-4-15-16-9/h1-4,18H,(H,17,19)(H,13,15,16)/b14-3+. The number of nitrogens with zero attached hydrogens (tertiary/aromatic N) is 3. The molecule has 2 aromatic rings. The molecule has 1 aromatic carbocycles. The van der Waals surface area contributed by atoms with Crippen molar-refractivity contribution in [2.24, 2.45) is 5.10 Å². The molecule has 0 unspecified atom stereocenters. The average Bonchev–Trinajstić information content (AvgIpc) is 2.88. The van der Waals surface area contributed by atoms with E-state index in [2.05, 4.69) is 57.6 Å². The molecule has 9 heteroatoms. The van der Waals surface area contributed by atoms with Gasteiger partial charge in [-0.3, -0.25) is 9.89 Å². The summed E-state index contributed by atoms with van der Waals surface area (Å²) in [5.41, 5.74) is 2.70. The van der Waals surface area contributed by atoms with Gasteiger partial charge in [0.15, 0.2) is 0 Å². The first kappa shape index (κ1) is 13.7. The molecule has 0 aliphatic heterocycles. The quantitative estimate of drug-likeness (QED) is 0.550. The topological polar surface area (TPSA) is 103 Å². The van der Waals surface area contributed by atoms with Gasteiger partial charge in [-0.1, -0.05) is 15.9 Å². The van der Waals surface area contributed by atoms with Gasteiger partial charge in [0.05, 0.1) is 10.7 Å². The van der Waals surface area contributed by atoms with E-state index in [1.165, 1.54) is 12.5 Å². The van der Waals surface area contributed by atoms with Crippen molar-refractivity contribution in [1.82, 2.24) is 20.6 Å². The minimum atomic E-state index is -0.526. The van der Waals surface area contributed by atoms with Crippen molar-refractivity contribution in [2.75, 3.05) is 0 Å². The summed E-state index contributed by atoms with van der Waals surface area (Å²) in [6.07, 6.45) is 2.54. The van der Waals surface area contributed by atoms with Crippen LogP contribution in [-0.2, 0) is 0 Å². The van der Waals surface area contributed by atoms with Gasteiger partial charge < -0.3 is 5.11 Å². The normalized spacial score (nSPS) is 10.8. The fraction of sp³-hybridized carbons (Fsp3) is 0. The highest BCUT2D eigenvalue weighted by Gasteiger charge is 2.08. The first-order chi connectivity index (χ1) is 9.08. The Hall–Kier alpha value is -1.74. The Bertz CT molecular complexity index is 627. The molecule has 0 bridgehead atoms. The van der Waals surface area contributed by atoms with E-state index >= 15 is 0 Å². The average molecular weight is 389 g/mol. The third-order valence-corrected chi connectivity index (χ3v) is 3.12. The van der Waals surface area contributed by atoms with E-state index in [0.717, 1.165) is 4.47 Å². The number of phenolic OH excluding ortho intramolecular Hbond substituents is 1. The van der Waals surface area contributed by atoms with Crippen LogP contribution in [0.15, 0.2) is 32.5 Å². The van der Waals surface area contributed by atoms with E-state index in [9.17, 15) is 9.90 Å². The van der Waals surface area contributed by atoms with Gasteiger partial charge in [-0.25, -0.2) is 10.4 Å². The summed E-state index contributed by atoms with van der Waals surface area (Å²) < 4.78 is 1.28. The highest BCUT2D eigenvalue weighted by molar-refractivity contribution is 9.11. The van der Waals surface area contributed by atoms with Gasteiger partial charge in [-0.2, -0.15) is 10.2 Å². The summed E-state index contributed by atoms with van der Waals surface area (Å²) >= 11 is 6.48. The highest BCUT2D eigenvalue weighted by atomic mass is 79.9. The smallest absolute Gasteiger partial charge is 0.308 e. The first-order valence-electron chi connectivity index (χ1n) is 4.94. The van der Waals surface area contributed by atoms with Crippen molar-refractivity contribution in [3.63, 3.8) is 0 Å². The van der Waals surface area contributed by atoms with Crippen LogP contribution in [0.3, 0.4) is 0 Å². The number of amides is 1. The third kappa shape index (κ3) is 3.38. The molecule has 0 spiro atoms. The second-order valence-corrected chi connectivity index (χ2v) is 5.13. The molecule has 1 heterocycles. The number of hydrogen-bond acceptors (Lipinski definition) is 5. The van der Waals surface area contributed by atoms with Gasteiger partial charge in [0, 0.05) is 10.0 Å². The summed E-state index contributed by atoms with van der Waals surface area (Å²) in [6.45, 7) is 0. The minimum Gasteiger partial charge on any atom is -0.506 e. The summed E-state index contributed by atoms with van der Waals surface area (Å²) in [6, 6.07) is 3.35. The highest BCUT2D eigenvalue weighted by Crippen LogP contribution is 2.30. The van der Waals surface area contributed by atoms with Gasteiger partial charge in [0.2, 0.25) is 5.82 Å². The number of carbonyl (C=O) groups is 1. The zero-order valence-corrected chi connectivity index (χ0v) is 12.4. The van der Waals surface area contributed by atoms with Crippen molar-refractivity contribution in [3.8, 4) is 5.75 Å². The summed E-state index contributed by atoms with van der Waals surface area (Å²) in [5, 5.41) is 19.4. The zero-order chi connectivity index (χ0) is 13.8. The van der Waals surface area contributed by atoms with Crippen LogP contribution in [0.4, 0.5) is 0 Å². The van der Waals surface area contributed by atoms with E-state index in [4.69, 9.17) is 0 Å². The van der Waals surface area contributed by atoms with Crippen molar-refractivity contribution in [1.29, 1.82) is 0 Å². The number of hydrazone groups is 1. The summed E-state index contributed by atoms with van der Waals surface area (Å²) in [5.74, 6) is -0.444. The maximum Gasteiger partial charge on any atom is 0.308 e. The van der Waals surface area contributed by atoms with Crippen LogP contribution >= 0.6 is 31.9 Å². The van der Waals surface area contributed by atoms with Crippen LogP contribution in [0.1, 0.15) is 16.2 Å². The Kier molecular flexibility index (Phi) is 4.27. The molecule has 7 nitrogen and oxygen atoms in total. The van der Waals surface area contributed by atoms with Crippen molar-refractivity contribution >= 4 is 44.0 Å². The molecule has 0 saturated heterocycles. The van der Waals surface area contributed by atoms with Crippen LogP contribution in [0.5, 0.6) is 5.75 Å². The van der Waals surface area contributed by atoms with E-state index in [-0.39, 0.29) is 11.6 Å². The number of H-pyrrole nitrogens is 1. The van der Waals surface area contributed by atoms with Gasteiger partial charge in [-0.15, -0.1) is 0 Å². The fourth-order valence-electron chi connectivity index (χ4n) is 1.21. The van der Waals surface area contributed by atoms with Crippen molar-refractivity contribution in [2.45, 2.75) is 0 Å². The number of carbonyl (C=O) groups excluding carboxylic acids is 1. The van der Waals surface area contributed by atoms with Crippen LogP contribution in [-0.4, -0.2) is 32.4 Å². The maximum absolute atomic E-state index is 11.5. The monoisotopic (exact) mass is 387 g/mol. The molecule has 1 aromatic heterocycles. The Morgan fingerprint density at radius 2 is 2.26 bits per heavy atom. The molecule has 19 heavy (non-hydrogen) atoms. The molecule has 0 aliphatic carbocycles. The largest absolute Gasteiger partial charge is 0.506 e. The maximum atomic E-state index is 11.5. The van der Waals surface area contributed by atoms with Crippen LogP contribution in [0.2, 0.25) is 0 Å². The molecule has 2 rings (SSSR count). The minimum absolute atomic E-state index is 0.0286. The molecule has 0 radical (unpaired) electrons. The van der Waals surface area contributed by atoms with E-state index in [0.29, 0.717) is 10.0 Å². The Labute approximate surface area is 124 Å². The number of hydrogen-bond donors (Lipinski definition) is 3. The van der Waals surface area contributed by atoms with Crippen LogP contribution in [0.25, 0.3) is 0 Å². The number of benzene rings is 1. The molecule has 1 amide bonds. The van der Waals surface area contributed by atoms with Gasteiger partial charge >= 0.3 is 5.91 Å². The molecule has 0 aliphatic rings.